The molecule has 176 valence electrons. The fraction of sp³-hybridized carbons (Fsp3) is 0.276. The molecular formula is C29H32BrNO2Si. The molecule has 3 aromatic carbocycles. The van der Waals surface area contributed by atoms with Crippen LogP contribution >= 0.6 is 15.9 Å². The number of carbonyl (C=O) groups is 1. The van der Waals surface area contributed by atoms with Crippen LogP contribution in [0.25, 0.3) is 10.9 Å². The van der Waals surface area contributed by atoms with Crippen molar-refractivity contribution in [1.82, 2.24) is 4.57 Å². The molecule has 0 spiro atoms. The third-order valence-corrected chi connectivity index (χ3v) is 12.0. The molecule has 0 bridgehead atoms. The topological polar surface area (TPSA) is 31.2 Å². The fourth-order valence-corrected chi connectivity index (χ4v) is 9.99. The molecule has 0 fully saturated rings. The lowest BCUT2D eigenvalue weighted by atomic mass is 10.2. The second-order valence-corrected chi connectivity index (χ2v) is 15.3. The summed E-state index contributed by atoms with van der Waals surface area (Å²) in [6.45, 7) is 10.5. The predicted molar refractivity (Wildman–Crippen MR) is 148 cm³/mol. The highest BCUT2D eigenvalue weighted by Crippen LogP contribution is 2.37. The first-order chi connectivity index (χ1) is 16.3. The average Bonchev–Trinajstić information content (AvgIpc) is 3.16. The van der Waals surface area contributed by atoms with Gasteiger partial charge < -0.3 is 8.99 Å². The van der Waals surface area contributed by atoms with E-state index in [9.17, 15) is 4.79 Å². The molecule has 4 aromatic rings. The van der Waals surface area contributed by atoms with Gasteiger partial charge in [-0.25, -0.2) is 0 Å². The van der Waals surface area contributed by atoms with Crippen LogP contribution in [-0.4, -0.2) is 25.8 Å². The van der Waals surface area contributed by atoms with E-state index in [1.807, 2.05) is 18.3 Å². The summed E-state index contributed by atoms with van der Waals surface area (Å²) in [7, 11) is -2.57. The van der Waals surface area contributed by atoms with Crippen molar-refractivity contribution in [3.05, 3.63) is 95.1 Å². The third kappa shape index (κ3) is 4.70. The Morgan fingerprint density at radius 2 is 1.56 bits per heavy atom. The maximum atomic E-state index is 11.6. The molecule has 0 saturated heterocycles. The molecule has 0 N–H and O–H groups in total. The molecule has 0 amide bonds. The number of rotatable bonds is 8. The summed E-state index contributed by atoms with van der Waals surface area (Å²) in [6.07, 6.45) is 2.90. The zero-order valence-electron chi connectivity index (χ0n) is 20.3. The van der Waals surface area contributed by atoms with E-state index in [2.05, 4.69) is 115 Å². The molecule has 5 heteroatoms. The number of aldehydes is 1. The number of halogens is 1. The zero-order valence-corrected chi connectivity index (χ0v) is 22.9. The SMILES string of the molecule is C[C@H](CO[Si](c1ccccc1)(c1ccccc1)C(C)(C)C)Cn1cc(C=O)c2ccc(Br)cc21. The first kappa shape index (κ1) is 24.6. The standard InChI is InChI=1S/C29H32BrNO2Si/c1-22(18-31-19-23(20-32)27-16-15-24(30)17-28(27)31)21-33-34(29(2,3)4,25-11-7-5-8-12-25)26-13-9-6-10-14-26/h5-17,19-20,22H,18,21H2,1-4H3/t22-/m0/s1. The maximum absolute atomic E-state index is 11.6. The van der Waals surface area contributed by atoms with Crippen molar-refractivity contribution in [2.75, 3.05) is 6.61 Å². The van der Waals surface area contributed by atoms with E-state index in [0.717, 1.165) is 33.8 Å². The van der Waals surface area contributed by atoms with Crippen LogP contribution in [0.5, 0.6) is 0 Å². The van der Waals surface area contributed by atoms with Gasteiger partial charge in [0.1, 0.15) is 0 Å². The highest BCUT2D eigenvalue weighted by Gasteiger charge is 2.50. The Morgan fingerprint density at radius 3 is 2.09 bits per heavy atom. The second kappa shape index (κ2) is 10.0. The van der Waals surface area contributed by atoms with E-state index in [0.29, 0.717) is 6.61 Å². The van der Waals surface area contributed by atoms with E-state index in [1.165, 1.54) is 10.4 Å². The Balaban J connectivity index is 1.67. The van der Waals surface area contributed by atoms with Crippen LogP contribution in [-0.2, 0) is 11.0 Å². The Labute approximate surface area is 212 Å². The van der Waals surface area contributed by atoms with Gasteiger partial charge in [0.05, 0.1) is 0 Å². The van der Waals surface area contributed by atoms with Crippen molar-refractivity contribution in [3.63, 3.8) is 0 Å². The van der Waals surface area contributed by atoms with Gasteiger partial charge in [0.25, 0.3) is 8.32 Å². The van der Waals surface area contributed by atoms with Gasteiger partial charge in [0.2, 0.25) is 0 Å². The van der Waals surface area contributed by atoms with Crippen molar-refractivity contribution in [1.29, 1.82) is 0 Å². The first-order valence-electron chi connectivity index (χ1n) is 11.7. The van der Waals surface area contributed by atoms with E-state index < -0.39 is 8.32 Å². The van der Waals surface area contributed by atoms with Crippen LogP contribution in [0.1, 0.15) is 38.1 Å². The number of hydrogen-bond donors (Lipinski definition) is 0. The minimum absolute atomic E-state index is 0.0505. The molecule has 1 heterocycles. The molecule has 0 saturated carbocycles. The fourth-order valence-electron chi connectivity index (χ4n) is 4.96. The van der Waals surface area contributed by atoms with E-state index in [1.54, 1.807) is 0 Å². The quantitative estimate of drug-likeness (QED) is 0.193. The van der Waals surface area contributed by atoms with Gasteiger partial charge in [-0.05, 0) is 33.5 Å². The van der Waals surface area contributed by atoms with Gasteiger partial charge in [-0.2, -0.15) is 0 Å². The van der Waals surface area contributed by atoms with Crippen molar-refractivity contribution in [2.45, 2.75) is 39.3 Å². The summed E-state index contributed by atoms with van der Waals surface area (Å²) in [5, 5.41) is 3.52. The zero-order chi connectivity index (χ0) is 24.3. The minimum Gasteiger partial charge on any atom is -0.407 e. The average molecular weight is 535 g/mol. The lowest BCUT2D eigenvalue weighted by Crippen LogP contribution is -2.66. The van der Waals surface area contributed by atoms with Gasteiger partial charge in [-0.1, -0.05) is 110 Å². The summed E-state index contributed by atoms with van der Waals surface area (Å²) >= 11 is 3.57. The van der Waals surface area contributed by atoms with Crippen molar-refractivity contribution in [3.8, 4) is 0 Å². The van der Waals surface area contributed by atoms with Crippen LogP contribution in [0.15, 0.2) is 89.5 Å². The summed E-state index contributed by atoms with van der Waals surface area (Å²) in [5.41, 5.74) is 1.79. The summed E-state index contributed by atoms with van der Waals surface area (Å²) in [6, 6.07) is 27.6. The summed E-state index contributed by atoms with van der Waals surface area (Å²) in [5.74, 6) is 0.260. The lowest BCUT2D eigenvalue weighted by molar-refractivity contribution is 0.112. The second-order valence-electron chi connectivity index (χ2n) is 10.1. The smallest absolute Gasteiger partial charge is 0.261 e. The van der Waals surface area contributed by atoms with Crippen molar-refractivity contribution in [2.24, 2.45) is 5.92 Å². The lowest BCUT2D eigenvalue weighted by Gasteiger charge is -2.43. The molecule has 0 aliphatic carbocycles. The monoisotopic (exact) mass is 533 g/mol. The molecule has 1 aromatic heterocycles. The number of benzene rings is 3. The van der Waals surface area contributed by atoms with Crippen LogP contribution in [0.4, 0.5) is 0 Å². The largest absolute Gasteiger partial charge is 0.407 e. The molecule has 0 aliphatic rings. The summed E-state index contributed by atoms with van der Waals surface area (Å²) < 4.78 is 10.3. The predicted octanol–water partition coefficient (Wildman–Crippen LogP) is 6.43. The number of fused-ring (bicyclic) bond motifs is 1. The van der Waals surface area contributed by atoms with Crippen molar-refractivity contribution < 1.29 is 9.22 Å². The molecule has 34 heavy (non-hydrogen) atoms. The third-order valence-electron chi connectivity index (χ3n) is 6.51. The highest BCUT2D eigenvalue weighted by atomic mass is 79.9. The van der Waals surface area contributed by atoms with E-state index in [-0.39, 0.29) is 11.0 Å². The number of hydrogen-bond acceptors (Lipinski definition) is 2. The number of aromatic nitrogens is 1. The van der Waals surface area contributed by atoms with E-state index in [4.69, 9.17) is 4.43 Å². The molecular weight excluding hydrogens is 502 g/mol. The molecule has 3 nitrogen and oxygen atoms in total. The van der Waals surface area contributed by atoms with Crippen LogP contribution in [0, 0.1) is 5.92 Å². The maximum Gasteiger partial charge on any atom is 0.261 e. The van der Waals surface area contributed by atoms with Crippen LogP contribution < -0.4 is 10.4 Å². The van der Waals surface area contributed by atoms with Gasteiger partial charge in [0, 0.05) is 40.3 Å². The molecule has 4 rings (SSSR count). The van der Waals surface area contributed by atoms with Gasteiger partial charge in [-0.3, -0.25) is 4.79 Å². The van der Waals surface area contributed by atoms with Gasteiger partial charge in [-0.15, -0.1) is 0 Å². The number of carbonyl (C=O) groups excluding carboxylic acids is 1. The Hall–Kier alpha value is -2.47. The molecule has 0 aliphatic heterocycles. The molecule has 1 atom stereocenters. The summed E-state index contributed by atoms with van der Waals surface area (Å²) in [4.78, 5) is 11.6. The normalized spacial score (nSPS) is 13.2. The Bertz CT molecular complexity index is 1220. The highest BCUT2D eigenvalue weighted by molar-refractivity contribution is 9.10. The molecule has 0 radical (unpaired) electrons. The van der Waals surface area contributed by atoms with Crippen LogP contribution in [0.2, 0.25) is 5.04 Å². The van der Waals surface area contributed by atoms with E-state index >= 15 is 0 Å². The Kier molecular flexibility index (Phi) is 7.27. The van der Waals surface area contributed by atoms with Crippen molar-refractivity contribution >= 4 is 51.8 Å². The first-order valence-corrected chi connectivity index (χ1v) is 14.4. The van der Waals surface area contributed by atoms with Crippen LogP contribution in [0.3, 0.4) is 0 Å². The van der Waals surface area contributed by atoms with Gasteiger partial charge in [0.15, 0.2) is 6.29 Å². The minimum atomic E-state index is -2.57. The molecule has 0 unspecified atom stereocenters. The number of nitrogens with zero attached hydrogens (tertiary/aromatic N) is 1. The Morgan fingerprint density at radius 1 is 0.971 bits per heavy atom. The van der Waals surface area contributed by atoms with Gasteiger partial charge >= 0.3 is 0 Å².